The Bertz CT molecular complexity index is 723. The zero-order chi connectivity index (χ0) is 11.7. The van der Waals surface area contributed by atoms with Crippen LogP contribution in [0.5, 0.6) is 0 Å². The van der Waals surface area contributed by atoms with Crippen molar-refractivity contribution in [3.63, 3.8) is 0 Å². The van der Waals surface area contributed by atoms with Crippen molar-refractivity contribution in [2.45, 2.75) is 0 Å². The summed E-state index contributed by atoms with van der Waals surface area (Å²) in [4.78, 5) is 4.01. The van der Waals surface area contributed by atoms with Gasteiger partial charge in [0.15, 0.2) is 5.69 Å². The quantitative estimate of drug-likeness (QED) is 0.627. The van der Waals surface area contributed by atoms with E-state index in [1.54, 1.807) is 23.0 Å². The second-order valence-electron chi connectivity index (χ2n) is 3.47. The first-order valence-electron chi connectivity index (χ1n) is 5.06. The van der Waals surface area contributed by atoms with Gasteiger partial charge in [-0.3, -0.25) is 0 Å². The van der Waals surface area contributed by atoms with Gasteiger partial charge in [0.25, 0.3) is 0 Å². The van der Waals surface area contributed by atoms with E-state index in [-0.39, 0.29) is 0 Å². The van der Waals surface area contributed by atoms with Crippen LogP contribution in [-0.2, 0) is 0 Å². The molecule has 0 aliphatic carbocycles. The Morgan fingerprint density at radius 2 is 2.00 bits per heavy atom. The van der Waals surface area contributed by atoms with Gasteiger partial charge in [0.1, 0.15) is 17.3 Å². The van der Waals surface area contributed by atoms with Crippen LogP contribution in [-0.4, -0.2) is 20.0 Å². The Hall–Kier alpha value is -2.74. The number of hydrogen-bond acceptors (Lipinski definition) is 4. The minimum Gasteiger partial charge on any atom is -0.243 e. The number of aromatic nitrogens is 4. The van der Waals surface area contributed by atoms with Crippen LogP contribution in [0.15, 0.2) is 42.6 Å². The molecule has 0 N–H and O–H groups in total. The highest BCUT2D eigenvalue weighted by atomic mass is 15.4. The maximum atomic E-state index is 9.02. The van der Waals surface area contributed by atoms with Crippen LogP contribution in [0.4, 0.5) is 0 Å². The minimum atomic E-state index is 0.336. The topological polar surface area (TPSA) is 67.4 Å². The lowest BCUT2D eigenvalue weighted by Gasteiger charge is -2.02. The Morgan fingerprint density at radius 1 is 1.12 bits per heavy atom. The highest BCUT2D eigenvalue weighted by Gasteiger charge is 2.09. The van der Waals surface area contributed by atoms with Gasteiger partial charge in [0, 0.05) is 6.20 Å². The molecule has 0 atom stereocenters. The van der Waals surface area contributed by atoms with E-state index in [0.29, 0.717) is 11.4 Å². The standard InChI is InChI=1S/C12H7N5/c13-8-10-12(6-3-7-14-10)17-11-5-2-1-4-9(11)15-16-17/h1-7H. The molecule has 5 nitrogen and oxygen atoms in total. The summed E-state index contributed by atoms with van der Waals surface area (Å²) in [5, 5.41) is 17.1. The molecule has 0 amide bonds. The molecule has 0 unspecified atom stereocenters. The van der Waals surface area contributed by atoms with Crippen LogP contribution in [0.3, 0.4) is 0 Å². The molecule has 3 aromatic rings. The highest BCUT2D eigenvalue weighted by molar-refractivity contribution is 5.76. The van der Waals surface area contributed by atoms with Gasteiger partial charge in [0.05, 0.1) is 5.52 Å². The van der Waals surface area contributed by atoms with Crippen LogP contribution < -0.4 is 0 Å². The third-order valence-electron chi connectivity index (χ3n) is 2.47. The zero-order valence-corrected chi connectivity index (χ0v) is 8.78. The first-order chi connectivity index (χ1) is 8.40. The molecular weight excluding hydrogens is 214 g/mol. The summed E-state index contributed by atoms with van der Waals surface area (Å²) in [6.07, 6.45) is 1.58. The number of pyridine rings is 1. The summed E-state index contributed by atoms with van der Waals surface area (Å²) in [5.41, 5.74) is 2.63. The fourth-order valence-corrected chi connectivity index (χ4v) is 1.70. The monoisotopic (exact) mass is 221 g/mol. The maximum absolute atomic E-state index is 9.02. The molecule has 5 heteroatoms. The lowest BCUT2D eigenvalue weighted by Crippen LogP contribution is -2.01. The van der Waals surface area contributed by atoms with E-state index in [0.717, 1.165) is 11.0 Å². The second kappa shape index (κ2) is 3.68. The molecule has 17 heavy (non-hydrogen) atoms. The van der Waals surface area contributed by atoms with Gasteiger partial charge in [-0.05, 0) is 24.3 Å². The fraction of sp³-hybridized carbons (Fsp3) is 0. The van der Waals surface area contributed by atoms with Crippen molar-refractivity contribution in [3.8, 4) is 11.8 Å². The van der Waals surface area contributed by atoms with E-state index in [2.05, 4.69) is 15.3 Å². The van der Waals surface area contributed by atoms with E-state index in [1.807, 2.05) is 30.3 Å². The Morgan fingerprint density at radius 3 is 2.88 bits per heavy atom. The smallest absolute Gasteiger partial charge is 0.166 e. The van der Waals surface area contributed by atoms with E-state index in [9.17, 15) is 0 Å². The molecule has 0 fully saturated rings. The molecule has 1 aromatic carbocycles. The molecular formula is C12H7N5. The van der Waals surface area contributed by atoms with Crippen LogP contribution in [0.2, 0.25) is 0 Å². The highest BCUT2D eigenvalue weighted by Crippen LogP contribution is 2.17. The number of benzene rings is 1. The second-order valence-corrected chi connectivity index (χ2v) is 3.47. The van der Waals surface area contributed by atoms with Crippen LogP contribution in [0.25, 0.3) is 16.7 Å². The number of rotatable bonds is 1. The molecule has 3 rings (SSSR count). The van der Waals surface area contributed by atoms with Crippen LogP contribution in [0, 0.1) is 11.3 Å². The van der Waals surface area contributed by atoms with E-state index >= 15 is 0 Å². The van der Waals surface area contributed by atoms with E-state index in [4.69, 9.17) is 5.26 Å². The first kappa shape index (κ1) is 9.48. The Labute approximate surface area is 96.9 Å². The van der Waals surface area contributed by atoms with Crippen molar-refractivity contribution in [3.05, 3.63) is 48.3 Å². The zero-order valence-electron chi connectivity index (χ0n) is 8.78. The molecule has 0 saturated heterocycles. The maximum Gasteiger partial charge on any atom is 0.166 e. The summed E-state index contributed by atoms with van der Waals surface area (Å²) in [6.45, 7) is 0. The van der Waals surface area contributed by atoms with Gasteiger partial charge in [-0.15, -0.1) is 5.10 Å². The molecule has 0 spiro atoms. The van der Waals surface area contributed by atoms with Crippen molar-refractivity contribution in [2.75, 3.05) is 0 Å². The molecule has 0 bridgehead atoms. The summed E-state index contributed by atoms with van der Waals surface area (Å²) in [5.74, 6) is 0. The number of nitriles is 1. The molecule has 0 radical (unpaired) electrons. The lowest BCUT2D eigenvalue weighted by molar-refractivity contribution is 0.817. The Kier molecular flexibility index (Phi) is 2.06. The average molecular weight is 221 g/mol. The summed E-state index contributed by atoms with van der Waals surface area (Å²) in [6, 6.07) is 13.2. The van der Waals surface area contributed by atoms with Crippen molar-refractivity contribution < 1.29 is 0 Å². The minimum absolute atomic E-state index is 0.336. The number of hydrogen-bond donors (Lipinski definition) is 0. The fourth-order valence-electron chi connectivity index (χ4n) is 1.70. The molecule has 2 heterocycles. The van der Waals surface area contributed by atoms with Crippen molar-refractivity contribution in [1.29, 1.82) is 5.26 Å². The summed E-state index contributed by atoms with van der Waals surface area (Å²) >= 11 is 0. The van der Waals surface area contributed by atoms with Crippen molar-refractivity contribution in [1.82, 2.24) is 20.0 Å². The molecule has 2 aromatic heterocycles. The van der Waals surface area contributed by atoms with Gasteiger partial charge < -0.3 is 0 Å². The largest absolute Gasteiger partial charge is 0.243 e. The Balaban J connectivity index is 2.32. The van der Waals surface area contributed by atoms with Crippen molar-refractivity contribution >= 4 is 11.0 Å². The molecule has 80 valence electrons. The predicted molar refractivity (Wildman–Crippen MR) is 61.4 cm³/mol. The van der Waals surface area contributed by atoms with Crippen molar-refractivity contribution in [2.24, 2.45) is 0 Å². The SMILES string of the molecule is N#Cc1ncccc1-n1nnc2ccccc21. The third-order valence-corrected chi connectivity index (χ3v) is 2.47. The summed E-state index contributed by atoms with van der Waals surface area (Å²) < 4.78 is 1.63. The average Bonchev–Trinajstić information content (AvgIpc) is 2.82. The van der Waals surface area contributed by atoms with Gasteiger partial charge >= 0.3 is 0 Å². The summed E-state index contributed by atoms with van der Waals surface area (Å²) in [7, 11) is 0. The number of fused-ring (bicyclic) bond motifs is 1. The molecule has 0 aliphatic heterocycles. The third kappa shape index (κ3) is 1.43. The number of nitrogens with zero attached hydrogens (tertiary/aromatic N) is 5. The van der Waals surface area contributed by atoms with E-state index in [1.165, 1.54) is 0 Å². The molecule has 0 saturated carbocycles. The normalized spacial score (nSPS) is 10.3. The van der Waals surface area contributed by atoms with Crippen LogP contribution in [0.1, 0.15) is 5.69 Å². The first-order valence-corrected chi connectivity index (χ1v) is 5.06. The van der Waals surface area contributed by atoms with Gasteiger partial charge in [0.2, 0.25) is 0 Å². The predicted octanol–water partition coefficient (Wildman–Crippen LogP) is 1.69. The van der Waals surface area contributed by atoms with Gasteiger partial charge in [-0.1, -0.05) is 17.3 Å². The van der Waals surface area contributed by atoms with Gasteiger partial charge in [-0.2, -0.15) is 5.26 Å². The molecule has 0 aliphatic rings. The van der Waals surface area contributed by atoms with Gasteiger partial charge in [-0.25, -0.2) is 9.67 Å². The number of para-hydroxylation sites is 1. The van der Waals surface area contributed by atoms with Crippen LogP contribution >= 0.6 is 0 Å². The lowest BCUT2D eigenvalue weighted by atomic mass is 10.3. The van der Waals surface area contributed by atoms with E-state index < -0.39 is 0 Å².